The van der Waals surface area contributed by atoms with Crippen LogP contribution in [0.2, 0.25) is 0 Å². The molecule has 4 rings (SSSR count). The largest absolute Gasteiger partial charge is 0.391 e. The number of guanidine groups is 1. The van der Waals surface area contributed by atoms with Gasteiger partial charge in [0.05, 0.1) is 12.2 Å². The number of aliphatic hydroxyl groups excluding tert-OH is 1. The van der Waals surface area contributed by atoms with Crippen LogP contribution in [0.25, 0.3) is 0 Å². The van der Waals surface area contributed by atoms with E-state index in [0.717, 1.165) is 38.6 Å². The van der Waals surface area contributed by atoms with Gasteiger partial charge in [0.2, 0.25) is 0 Å². The summed E-state index contributed by atoms with van der Waals surface area (Å²) in [6, 6.07) is 0.519. The first-order chi connectivity index (χ1) is 10.7. The van der Waals surface area contributed by atoms with Gasteiger partial charge >= 0.3 is 0 Å². The topological polar surface area (TPSA) is 57.1 Å². The highest BCUT2D eigenvalue weighted by molar-refractivity contribution is 5.81. The Bertz CT molecular complexity index is 447. The summed E-state index contributed by atoms with van der Waals surface area (Å²) in [5.74, 6) is 1.67. The minimum absolute atomic E-state index is 0.201. The number of hydrogen-bond donors (Lipinski definition) is 2. The van der Waals surface area contributed by atoms with E-state index in [1.54, 1.807) is 0 Å². The lowest BCUT2D eigenvalue weighted by atomic mass is 9.54. The molecule has 2 heterocycles. The highest BCUT2D eigenvalue weighted by Crippen LogP contribution is 2.60. The van der Waals surface area contributed by atoms with Gasteiger partial charge in [-0.05, 0) is 32.6 Å². The number of ether oxygens (including phenoxy) is 1. The number of hydrogen-bond acceptors (Lipinski definition) is 3. The van der Waals surface area contributed by atoms with Gasteiger partial charge in [0.15, 0.2) is 5.96 Å². The summed E-state index contributed by atoms with van der Waals surface area (Å²) in [6.45, 7) is 5.44. The molecule has 0 bridgehead atoms. The molecule has 2 N–H and O–H groups in total. The van der Waals surface area contributed by atoms with Crippen molar-refractivity contribution in [2.75, 3.05) is 26.2 Å². The average Bonchev–Trinajstić information content (AvgIpc) is 3.22. The maximum absolute atomic E-state index is 9.83. The van der Waals surface area contributed by atoms with E-state index in [1.807, 2.05) is 0 Å². The van der Waals surface area contributed by atoms with E-state index in [4.69, 9.17) is 9.73 Å². The summed E-state index contributed by atoms with van der Waals surface area (Å²) in [5.41, 5.74) is 0.355. The molecule has 0 radical (unpaired) electrons. The molecule has 124 valence electrons. The Hall–Kier alpha value is -0.810. The lowest BCUT2D eigenvalue weighted by Gasteiger charge is -2.57. The molecular weight excluding hydrogens is 278 g/mol. The summed E-state index contributed by atoms with van der Waals surface area (Å²) in [4.78, 5) is 6.95. The Balaban J connectivity index is 1.51. The van der Waals surface area contributed by atoms with Crippen LogP contribution in [0.3, 0.4) is 0 Å². The molecule has 22 heavy (non-hydrogen) atoms. The summed E-state index contributed by atoms with van der Waals surface area (Å²) in [5, 5.41) is 13.6. The Labute approximate surface area is 133 Å². The van der Waals surface area contributed by atoms with E-state index in [2.05, 4.69) is 17.1 Å². The average molecular weight is 307 g/mol. The molecule has 5 heteroatoms. The second kappa shape index (κ2) is 5.68. The zero-order chi connectivity index (χ0) is 15.2. The third kappa shape index (κ3) is 2.16. The van der Waals surface area contributed by atoms with Crippen LogP contribution in [0, 0.1) is 11.3 Å². The van der Waals surface area contributed by atoms with Gasteiger partial charge in [0, 0.05) is 43.6 Å². The molecule has 2 saturated heterocycles. The van der Waals surface area contributed by atoms with Crippen molar-refractivity contribution in [1.29, 1.82) is 0 Å². The zero-order valence-electron chi connectivity index (χ0n) is 13.6. The molecule has 4 aliphatic rings. The zero-order valence-corrected chi connectivity index (χ0v) is 13.6. The fourth-order valence-electron chi connectivity index (χ4n) is 5.36. The predicted octanol–water partition coefficient (Wildman–Crippen LogP) is 1.37. The second-order valence-corrected chi connectivity index (χ2v) is 7.49. The number of aliphatic hydroxyl groups is 1. The fourth-order valence-corrected chi connectivity index (χ4v) is 5.36. The van der Waals surface area contributed by atoms with Gasteiger partial charge in [-0.15, -0.1) is 0 Å². The fraction of sp³-hybridized carbons (Fsp3) is 0.941. The van der Waals surface area contributed by atoms with Crippen LogP contribution >= 0.6 is 0 Å². The summed E-state index contributed by atoms with van der Waals surface area (Å²) < 4.78 is 6.07. The van der Waals surface area contributed by atoms with Gasteiger partial charge in [0.25, 0.3) is 0 Å². The Morgan fingerprint density at radius 2 is 2.18 bits per heavy atom. The molecule has 0 aromatic rings. The van der Waals surface area contributed by atoms with E-state index >= 15 is 0 Å². The molecule has 2 aliphatic heterocycles. The van der Waals surface area contributed by atoms with Crippen LogP contribution in [0.4, 0.5) is 0 Å². The lowest BCUT2D eigenvalue weighted by molar-refractivity contribution is -0.125. The van der Waals surface area contributed by atoms with Gasteiger partial charge in [-0.2, -0.15) is 0 Å². The standard InChI is InChI=1S/C17H29N3O2/c1-2-18-16(20-9-5-12(21)11-20)19-14-13-6-10-22-15(13)17(14)7-3-4-8-17/h12-15,21H,2-11H2,1H3,(H,18,19)/t12-,13?,14?,15?/m1/s1. The van der Waals surface area contributed by atoms with E-state index in [-0.39, 0.29) is 6.10 Å². The number of rotatable bonds is 2. The first-order valence-corrected chi connectivity index (χ1v) is 9.10. The molecule has 4 fully saturated rings. The molecule has 3 unspecified atom stereocenters. The number of nitrogens with zero attached hydrogens (tertiary/aromatic N) is 2. The number of aliphatic imine (C=N–C) groups is 1. The van der Waals surface area contributed by atoms with Crippen molar-refractivity contribution in [3.8, 4) is 0 Å². The number of β-amino-alcohol motifs (C(OH)–C–C–N with tert-alkyl or cyclic N) is 1. The third-order valence-electron chi connectivity index (χ3n) is 6.34. The maximum atomic E-state index is 9.83. The van der Waals surface area contributed by atoms with Crippen LogP contribution < -0.4 is 5.32 Å². The quantitative estimate of drug-likeness (QED) is 0.597. The summed E-state index contributed by atoms with van der Waals surface area (Å²) in [6.07, 6.45) is 7.61. The van der Waals surface area contributed by atoms with Gasteiger partial charge in [0.1, 0.15) is 0 Å². The van der Waals surface area contributed by atoms with Crippen LogP contribution in [-0.2, 0) is 4.74 Å². The van der Waals surface area contributed by atoms with E-state index in [1.165, 1.54) is 32.1 Å². The molecule has 2 aliphatic carbocycles. The molecule has 0 amide bonds. The van der Waals surface area contributed by atoms with Crippen molar-refractivity contribution < 1.29 is 9.84 Å². The SMILES string of the molecule is CCN=C(NC1C2CCOC2C12CCCC2)N1CC[C@@H](O)C1. The van der Waals surface area contributed by atoms with E-state index in [9.17, 15) is 5.11 Å². The van der Waals surface area contributed by atoms with E-state index in [0.29, 0.717) is 23.5 Å². The molecule has 0 aromatic heterocycles. The van der Waals surface area contributed by atoms with Crippen molar-refractivity contribution in [2.45, 2.75) is 63.7 Å². The smallest absolute Gasteiger partial charge is 0.194 e. The van der Waals surface area contributed by atoms with Gasteiger partial charge < -0.3 is 20.1 Å². The van der Waals surface area contributed by atoms with Crippen LogP contribution in [0.5, 0.6) is 0 Å². The van der Waals surface area contributed by atoms with Crippen LogP contribution in [0.15, 0.2) is 4.99 Å². The molecular formula is C17H29N3O2. The normalized spacial score (nSPS) is 40.1. The minimum Gasteiger partial charge on any atom is -0.391 e. The van der Waals surface area contributed by atoms with Gasteiger partial charge in [-0.25, -0.2) is 0 Å². The molecule has 2 saturated carbocycles. The maximum Gasteiger partial charge on any atom is 0.194 e. The number of likely N-dealkylation sites (tertiary alicyclic amines) is 1. The third-order valence-corrected chi connectivity index (χ3v) is 6.34. The molecule has 0 aromatic carbocycles. The van der Waals surface area contributed by atoms with Crippen LogP contribution in [0.1, 0.15) is 45.4 Å². The highest BCUT2D eigenvalue weighted by atomic mass is 16.5. The van der Waals surface area contributed by atoms with E-state index < -0.39 is 0 Å². The van der Waals surface area contributed by atoms with Gasteiger partial charge in [-0.3, -0.25) is 4.99 Å². The molecule has 5 nitrogen and oxygen atoms in total. The monoisotopic (exact) mass is 307 g/mol. The Kier molecular flexibility index (Phi) is 3.81. The van der Waals surface area contributed by atoms with Crippen molar-refractivity contribution >= 4 is 5.96 Å². The predicted molar refractivity (Wildman–Crippen MR) is 85.8 cm³/mol. The van der Waals surface area contributed by atoms with Crippen molar-refractivity contribution in [3.63, 3.8) is 0 Å². The Morgan fingerprint density at radius 1 is 1.36 bits per heavy atom. The lowest BCUT2D eigenvalue weighted by Crippen LogP contribution is -2.69. The minimum atomic E-state index is -0.201. The molecule has 1 spiro atoms. The molecule has 4 atom stereocenters. The summed E-state index contributed by atoms with van der Waals surface area (Å²) in [7, 11) is 0. The first kappa shape index (κ1) is 14.8. The van der Waals surface area contributed by atoms with Crippen molar-refractivity contribution in [1.82, 2.24) is 10.2 Å². The van der Waals surface area contributed by atoms with Crippen molar-refractivity contribution in [3.05, 3.63) is 0 Å². The first-order valence-electron chi connectivity index (χ1n) is 9.10. The number of fused-ring (bicyclic) bond motifs is 2. The van der Waals surface area contributed by atoms with Crippen LogP contribution in [-0.4, -0.2) is 60.5 Å². The van der Waals surface area contributed by atoms with Crippen molar-refractivity contribution in [2.24, 2.45) is 16.3 Å². The summed E-state index contributed by atoms with van der Waals surface area (Å²) >= 11 is 0. The Morgan fingerprint density at radius 3 is 2.86 bits per heavy atom. The number of nitrogens with one attached hydrogen (secondary N) is 1. The highest BCUT2D eigenvalue weighted by Gasteiger charge is 2.65. The second-order valence-electron chi connectivity index (χ2n) is 7.49. The van der Waals surface area contributed by atoms with Gasteiger partial charge in [-0.1, -0.05) is 12.8 Å².